The maximum atomic E-state index is 14.1. The molecule has 0 aliphatic carbocycles. The van der Waals surface area contributed by atoms with E-state index in [2.05, 4.69) is 4.98 Å². The molecule has 0 fully saturated rings. The van der Waals surface area contributed by atoms with Gasteiger partial charge >= 0.3 is 0 Å². The van der Waals surface area contributed by atoms with E-state index >= 15 is 0 Å². The van der Waals surface area contributed by atoms with Gasteiger partial charge in [-0.05, 0) is 24.3 Å². The number of halogens is 1. The highest BCUT2D eigenvalue weighted by Crippen LogP contribution is 2.22. The fourth-order valence-corrected chi connectivity index (χ4v) is 2.94. The molecule has 2 aromatic carbocycles. The summed E-state index contributed by atoms with van der Waals surface area (Å²) in [6.07, 6.45) is 0. The van der Waals surface area contributed by atoms with E-state index in [0.717, 1.165) is 0 Å². The second-order valence-corrected chi connectivity index (χ2v) is 5.64. The third-order valence-electron chi connectivity index (χ3n) is 3.16. The lowest BCUT2D eigenvalue weighted by molar-refractivity contribution is 0.322. The van der Waals surface area contributed by atoms with Crippen molar-refractivity contribution in [1.82, 2.24) is 9.55 Å². The monoisotopic (exact) mass is 316 g/mol. The Labute approximate surface area is 130 Å². The first kappa shape index (κ1) is 14.7. The minimum Gasteiger partial charge on any atom is -0.396 e. The SMILES string of the molecule is O=c1c2ccccc2nc(SCCO)n1-c1ccccc1F. The zero-order valence-corrected chi connectivity index (χ0v) is 12.4. The third kappa shape index (κ3) is 2.63. The quantitative estimate of drug-likeness (QED) is 0.594. The fraction of sp³-hybridized carbons (Fsp3) is 0.125. The summed E-state index contributed by atoms with van der Waals surface area (Å²) in [5.41, 5.74) is 0.392. The molecule has 1 aromatic heterocycles. The van der Waals surface area contributed by atoms with E-state index in [-0.39, 0.29) is 17.9 Å². The zero-order chi connectivity index (χ0) is 15.5. The molecule has 3 aromatic rings. The Bertz CT molecular complexity index is 879. The molecule has 112 valence electrons. The smallest absolute Gasteiger partial charge is 0.266 e. The van der Waals surface area contributed by atoms with E-state index in [1.165, 1.54) is 28.5 Å². The molecule has 3 rings (SSSR count). The minimum absolute atomic E-state index is 0.0510. The van der Waals surface area contributed by atoms with Gasteiger partial charge in [0.2, 0.25) is 0 Å². The number of rotatable bonds is 4. The molecule has 0 radical (unpaired) electrons. The summed E-state index contributed by atoms with van der Waals surface area (Å²) < 4.78 is 15.4. The molecular weight excluding hydrogens is 303 g/mol. The van der Waals surface area contributed by atoms with Gasteiger partial charge in [0.15, 0.2) is 5.16 Å². The van der Waals surface area contributed by atoms with E-state index in [1.54, 1.807) is 36.4 Å². The summed E-state index contributed by atoms with van der Waals surface area (Å²) in [4.78, 5) is 17.2. The lowest BCUT2D eigenvalue weighted by Gasteiger charge is -2.13. The van der Waals surface area contributed by atoms with Crippen LogP contribution < -0.4 is 5.56 Å². The van der Waals surface area contributed by atoms with Crippen molar-refractivity contribution in [2.75, 3.05) is 12.4 Å². The third-order valence-corrected chi connectivity index (χ3v) is 4.08. The van der Waals surface area contributed by atoms with E-state index in [9.17, 15) is 9.18 Å². The average molecular weight is 316 g/mol. The average Bonchev–Trinajstić information content (AvgIpc) is 2.54. The number of hydrogen-bond acceptors (Lipinski definition) is 4. The number of aliphatic hydroxyl groups excluding tert-OH is 1. The zero-order valence-electron chi connectivity index (χ0n) is 11.6. The number of benzene rings is 2. The van der Waals surface area contributed by atoms with Crippen LogP contribution in [0.4, 0.5) is 4.39 Å². The summed E-state index contributed by atoms with van der Waals surface area (Å²) >= 11 is 1.21. The van der Waals surface area contributed by atoms with Crippen LogP contribution in [-0.2, 0) is 0 Å². The van der Waals surface area contributed by atoms with Crippen LogP contribution in [0.2, 0.25) is 0 Å². The molecule has 4 nitrogen and oxygen atoms in total. The van der Waals surface area contributed by atoms with Crippen molar-refractivity contribution in [1.29, 1.82) is 0 Å². The van der Waals surface area contributed by atoms with Crippen LogP contribution in [0.5, 0.6) is 0 Å². The second-order valence-electron chi connectivity index (χ2n) is 4.58. The topological polar surface area (TPSA) is 55.1 Å². The molecule has 0 saturated heterocycles. The minimum atomic E-state index is -0.493. The van der Waals surface area contributed by atoms with Crippen molar-refractivity contribution in [3.63, 3.8) is 0 Å². The van der Waals surface area contributed by atoms with Gasteiger partial charge in [0, 0.05) is 5.75 Å². The molecule has 1 heterocycles. The van der Waals surface area contributed by atoms with E-state index in [4.69, 9.17) is 5.11 Å². The van der Waals surface area contributed by atoms with Gasteiger partial charge in [0.25, 0.3) is 5.56 Å². The highest BCUT2D eigenvalue weighted by molar-refractivity contribution is 7.99. The van der Waals surface area contributed by atoms with Crippen LogP contribution in [0.15, 0.2) is 58.5 Å². The summed E-state index contributed by atoms with van der Waals surface area (Å²) in [5.74, 6) is -0.119. The van der Waals surface area contributed by atoms with Gasteiger partial charge in [0.05, 0.1) is 23.2 Å². The highest BCUT2D eigenvalue weighted by atomic mass is 32.2. The van der Waals surface area contributed by atoms with Gasteiger partial charge in [0.1, 0.15) is 5.82 Å². The van der Waals surface area contributed by atoms with Gasteiger partial charge < -0.3 is 5.11 Å². The van der Waals surface area contributed by atoms with E-state index in [0.29, 0.717) is 21.8 Å². The molecule has 0 atom stereocenters. The van der Waals surface area contributed by atoms with Crippen molar-refractivity contribution in [2.45, 2.75) is 5.16 Å². The summed E-state index contributed by atoms with van der Waals surface area (Å²) in [6.45, 7) is -0.0510. The van der Waals surface area contributed by atoms with Crippen LogP contribution in [0.1, 0.15) is 0 Å². The first-order valence-electron chi connectivity index (χ1n) is 6.72. The highest BCUT2D eigenvalue weighted by Gasteiger charge is 2.15. The number of nitrogens with zero attached hydrogens (tertiary/aromatic N) is 2. The summed E-state index contributed by atoms with van der Waals surface area (Å²) in [6, 6.07) is 13.0. The number of aromatic nitrogens is 2. The summed E-state index contributed by atoms with van der Waals surface area (Å²) in [5, 5.41) is 9.81. The Hall–Kier alpha value is -2.18. The van der Waals surface area contributed by atoms with Crippen LogP contribution in [0, 0.1) is 5.82 Å². The maximum Gasteiger partial charge on any atom is 0.266 e. The molecule has 22 heavy (non-hydrogen) atoms. The van der Waals surface area contributed by atoms with Crippen molar-refractivity contribution in [2.24, 2.45) is 0 Å². The van der Waals surface area contributed by atoms with Crippen LogP contribution in [0.25, 0.3) is 16.6 Å². The number of fused-ring (bicyclic) bond motifs is 1. The molecule has 1 N–H and O–H groups in total. The van der Waals surface area contributed by atoms with Crippen molar-refractivity contribution >= 4 is 22.7 Å². The largest absolute Gasteiger partial charge is 0.396 e. The lowest BCUT2D eigenvalue weighted by Crippen LogP contribution is -2.22. The van der Waals surface area contributed by atoms with Crippen molar-refractivity contribution in [3.8, 4) is 5.69 Å². The number of thioether (sulfide) groups is 1. The predicted molar refractivity (Wildman–Crippen MR) is 85.1 cm³/mol. The Morgan fingerprint density at radius 1 is 1.14 bits per heavy atom. The van der Waals surface area contributed by atoms with E-state index in [1.807, 2.05) is 0 Å². The van der Waals surface area contributed by atoms with Crippen LogP contribution >= 0.6 is 11.8 Å². The molecule has 6 heteroatoms. The van der Waals surface area contributed by atoms with E-state index < -0.39 is 5.82 Å². The number of aliphatic hydroxyl groups is 1. The second kappa shape index (κ2) is 6.29. The summed E-state index contributed by atoms with van der Waals surface area (Å²) in [7, 11) is 0. The molecule has 0 aliphatic rings. The Morgan fingerprint density at radius 3 is 2.64 bits per heavy atom. The molecule has 0 spiro atoms. The number of hydrogen-bond donors (Lipinski definition) is 1. The van der Waals surface area contributed by atoms with Gasteiger partial charge in [-0.15, -0.1) is 0 Å². The van der Waals surface area contributed by atoms with Gasteiger partial charge in [-0.1, -0.05) is 36.0 Å². The van der Waals surface area contributed by atoms with Crippen LogP contribution in [-0.4, -0.2) is 27.0 Å². The van der Waals surface area contributed by atoms with Crippen molar-refractivity contribution < 1.29 is 9.50 Å². The molecule has 0 bridgehead atoms. The Balaban J connectivity index is 2.33. The predicted octanol–water partition coefficient (Wildman–Crippen LogP) is 2.61. The van der Waals surface area contributed by atoms with Gasteiger partial charge in [-0.25, -0.2) is 9.37 Å². The lowest BCUT2D eigenvalue weighted by atomic mass is 10.2. The first-order valence-corrected chi connectivity index (χ1v) is 7.71. The Morgan fingerprint density at radius 2 is 1.86 bits per heavy atom. The van der Waals surface area contributed by atoms with Gasteiger partial charge in [-0.3, -0.25) is 9.36 Å². The Kier molecular flexibility index (Phi) is 4.22. The standard InChI is InChI=1S/C16H13FN2O2S/c17-12-6-2-4-8-14(12)19-15(21)11-5-1-3-7-13(11)18-16(19)22-10-9-20/h1-8,20H,9-10H2. The molecule has 0 saturated carbocycles. The van der Waals surface area contributed by atoms with Gasteiger partial charge in [-0.2, -0.15) is 0 Å². The first-order chi connectivity index (χ1) is 10.7. The molecule has 0 unspecified atom stereocenters. The van der Waals surface area contributed by atoms with Crippen molar-refractivity contribution in [3.05, 3.63) is 64.7 Å². The van der Waals surface area contributed by atoms with Crippen LogP contribution in [0.3, 0.4) is 0 Å². The molecule has 0 aliphatic heterocycles. The molecular formula is C16H13FN2O2S. The number of para-hydroxylation sites is 2. The fourth-order valence-electron chi connectivity index (χ4n) is 2.19. The maximum absolute atomic E-state index is 14.1. The molecule has 0 amide bonds. The normalized spacial score (nSPS) is 11.0.